The number of ether oxygens (including phenoxy) is 2. The maximum absolute atomic E-state index is 12.7. The Kier molecular flexibility index (Phi) is 4.32. The van der Waals surface area contributed by atoms with Crippen molar-refractivity contribution in [2.24, 2.45) is 0 Å². The highest BCUT2D eigenvalue weighted by atomic mass is 79.9. The number of nitrogens with one attached hydrogen (secondary N) is 1. The van der Waals surface area contributed by atoms with Crippen LogP contribution in [0.2, 0.25) is 0 Å². The molecule has 0 radical (unpaired) electrons. The molecule has 112 valence electrons. The number of benzene rings is 1. The first kappa shape index (κ1) is 15.6. The summed E-state index contributed by atoms with van der Waals surface area (Å²) in [5, 5.41) is 3.00. The molecule has 0 spiro atoms. The highest BCUT2D eigenvalue weighted by molar-refractivity contribution is 9.10. The number of anilines is 1. The lowest BCUT2D eigenvalue weighted by Gasteiger charge is -2.35. The van der Waals surface area contributed by atoms with Gasteiger partial charge in [0, 0.05) is 10.2 Å². The van der Waals surface area contributed by atoms with Gasteiger partial charge < -0.3 is 14.8 Å². The van der Waals surface area contributed by atoms with E-state index in [0.29, 0.717) is 23.4 Å². The molecule has 1 saturated heterocycles. The van der Waals surface area contributed by atoms with Crippen LogP contribution in [0.25, 0.3) is 0 Å². The minimum Gasteiger partial charge on any atom is -0.377 e. The average molecular weight is 354 g/mol. The number of hydrogen-bond donors (Lipinski definition) is 1. The fourth-order valence-electron chi connectivity index (χ4n) is 1.81. The Hall–Kier alpha value is -0.790. The molecule has 2 rings (SSSR count). The Morgan fingerprint density at radius 2 is 1.85 bits per heavy atom. The highest BCUT2D eigenvalue weighted by Crippen LogP contribution is 2.34. The molecule has 1 aliphatic rings. The molecule has 0 bridgehead atoms. The van der Waals surface area contributed by atoms with E-state index >= 15 is 0 Å². The summed E-state index contributed by atoms with van der Waals surface area (Å²) in [5.41, 5.74) is -0.321. The molecule has 1 heterocycles. The lowest BCUT2D eigenvalue weighted by atomic mass is 10.1. The van der Waals surface area contributed by atoms with E-state index in [0.717, 1.165) is 12.1 Å². The predicted octanol–water partition coefficient (Wildman–Crippen LogP) is 4.03. The summed E-state index contributed by atoms with van der Waals surface area (Å²) in [6.45, 7) is 4.33. The van der Waals surface area contributed by atoms with Gasteiger partial charge in [-0.2, -0.15) is 13.2 Å². The van der Waals surface area contributed by atoms with Crippen molar-refractivity contribution in [2.45, 2.75) is 31.9 Å². The van der Waals surface area contributed by atoms with Crippen LogP contribution in [-0.4, -0.2) is 25.0 Å². The molecule has 1 fully saturated rings. The standard InChI is InChI=1S/C13H15BrF3NO2/c1-12(2)19-6-9(7-20-12)18-11-5-8(13(15,16)17)3-4-10(11)14/h3-5,9,18H,6-7H2,1-2H3. The molecule has 1 aliphatic heterocycles. The van der Waals surface area contributed by atoms with Crippen molar-refractivity contribution in [1.82, 2.24) is 0 Å². The third-order valence-electron chi connectivity index (χ3n) is 2.92. The topological polar surface area (TPSA) is 30.5 Å². The Morgan fingerprint density at radius 3 is 2.40 bits per heavy atom. The second-order valence-electron chi connectivity index (χ2n) is 5.06. The van der Waals surface area contributed by atoms with Gasteiger partial charge in [0.1, 0.15) is 0 Å². The van der Waals surface area contributed by atoms with Gasteiger partial charge in [0.2, 0.25) is 0 Å². The van der Waals surface area contributed by atoms with Gasteiger partial charge in [0.05, 0.1) is 24.8 Å². The average Bonchev–Trinajstić information content (AvgIpc) is 2.33. The van der Waals surface area contributed by atoms with E-state index in [-0.39, 0.29) is 6.04 Å². The normalized spacial score (nSPS) is 19.9. The lowest BCUT2D eigenvalue weighted by molar-refractivity contribution is -0.247. The van der Waals surface area contributed by atoms with Crippen molar-refractivity contribution in [2.75, 3.05) is 18.5 Å². The van der Waals surface area contributed by atoms with E-state index in [2.05, 4.69) is 21.2 Å². The van der Waals surface area contributed by atoms with E-state index in [4.69, 9.17) is 9.47 Å². The van der Waals surface area contributed by atoms with Crippen molar-refractivity contribution < 1.29 is 22.6 Å². The van der Waals surface area contributed by atoms with E-state index in [1.807, 2.05) is 0 Å². The van der Waals surface area contributed by atoms with Gasteiger partial charge in [-0.05, 0) is 48.0 Å². The van der Waals surface area contributed by atoms with Crippen LogP contribution in [0.1, 0.15) is 19.4 Å². The van der Waals surface area contributed by atoms with E-state index < -0.39 is 17.5 Å². The number of halogens is 4. The van der Waals surface area contributed by atoms with Crippen molar-refractivity contribution in [3.05, 3.63) is 28.2 Å². The quantitative estimate of drug-likeness (QED) is 0.870. The second kappa shape index (κ2) is 5.54. The molecular weight excluding hydrogens is 339 g/mol. The fraction of sp³-hybridized carbons (Fsp3) is 0.538. The van der Waals surface area contributed by atoms with Gasteiger partial charge in [-0.3, -0.25) is 0 Å². The molecule has 1 aromatic rings. The molecule has 1 aromatic carbocycles. The fourth-order valence-corrected chi connectivity index (χ4v) is 2.17. The maximum atomic E-state index is 12.7. The summed E-state index contributed by atoms with van der Waals surface area (Å²) < 4.78 is 49.6. The van der Waals surface area contributed by atoms with Crippen LogP contribution in [0.3, 0.4) is 0 Å². The van der Waals surface area contributed by atoms with Gasteiger partial charge in [-0.1, -0.05) is 0 Å². The minimum atomic E-state index is -4.36. The van der Waals surface area contributed by atoms with Crippen molar-refractivity contribution >= 4 is 21.6 Å². The molecule has 0 saturated carbocycles. The third kappa shape index (κ3) is 3.86. The molecular formula is C13H15BrF3NO2. The second-order valence-corrected chi connectivity index (χ2v) is 5.91. The zero-order valence-electron chi connectivity index (χ0n) is 11.1. The molecule has 1 N–H and O–H groups in total. The summed E-state index contributed by atoms with van der Waals surface area (Å²) in [6, 6.07) is 3.29. The molecule has 0 unspecified atom stereocenters. The van der Waals surface area contributed by atoms with Gasteiger partial charge in [-0.15, -0.1) is 0 Å². The lowest BCUT2D eigenvalue weighted by Crippen LogP contribution is -2.45. The molecule has 0 amide bonds. The van der Waals surface area contributed by atoms with Crippen molar-refractivity contribution in [3.8, 4) is 0 Å². The van der Waals surface area contributed by atoms with E-state index in [1.165, 1.54) is 6.07 Å². The van der Waals surface area contributed by atoms with Crippen LogP contribution < -0.4 is 5.32 Å². The largest absolute Gasteiger partial charge is 0.416 e. The first-order valence-electron chi connectivity index (χ1n) is 6.08. The van der Waals surface area contributed by atoms with Crippen LogP contribution in [0.4, 0.5) is 18.9 Å². The summed E-state index contributed by atoms with van der Waals surface area (Å²) >= 11 is 3.23. The molecule has 7 heteroatoms. The Morgan fingerprint density at radius 1 is 1.25 bits per heavy atom. The van der Waals surface area contributed by atoms with Gasteiger partial charge >= 0.3 is 6.18 Å². The maximum Gasteiger partial charge on any atom is 0.416 e. The first-order valence-corrected chi connectivity index (χ1v) is 6.88. The van der Waals surface area contributed by atoms with Crippen LogP contribution in [0.5, 0.6) is 0 Å². The van der Waals surface area contributed by atoms with Crippen LogP contribution in [0, 0.1) is 0 Å². The predicted molar refractivity (Wildman–Crippen MR) is 72.5 cm³/mol. The van der Waals surface area contributed by atoms with Crippen molar-refractivity contribution in [3.63, 3.8) is 0 Å². The van der Waals surface area contributed by atoms with Crippen molar-refractivity contribution in [1.29, 1.82) is 0 Å². The Bertz CT molecular complexity index is 481. The number of alkyl halides is 3. The van der Waals surface area contributed by atoms with Gasteiger partial charge in [-0.25, -0.2) is 0 Å². The third-order valence-corrected chi connectivity index (χ3v) is 3.61. The molecule has 0 aliphatic carbocycles. The van der Waals surface area contributed by atoms with Gasteiger partial charge in [0.15, 0.2) is 5.79 Å². The molecule has 0 aromatic heterocycles. The molecule has 20 heavy (non-hydrogen) atoms. The van der Waals surface area contributed by atoms with Crippen LogP contribution >= 0.6 is 15.9 Å². The number of hydrogen-bond acceptors (Lipinski definition) is 3. The summed E-state index contributed by atoms with van der Waals surface area (Å²) in [4.78, 5) is 0. The smallest absolute Gasteiger partial charge is 0.377 e. The molecule has 3 nitrogen and oxygen atoms in total. The summed E-state index contributed by atoms with van der Waals surface area (Å²) in [5.74, 6) is -0.650. The number of rotatable bonds is 2. The van der Waals surface area contributed by atoms with Crippen LogP contribution in [0.15, 0.2) is 22.7 Å². The first-order chi connectivity index (χ1) is 9.17. The zero-order valence-corrected chi connectivity index (χ0v) is 12.6. The highest BCUT2D eigenvalue weighted by Gasteiger charge is 2.32. The zero-order chi connectivity index (χ0) is 15.0. The Balaban J connectivity index is 2.10. The Labute approximate surface area is 123 Å². The summed E-state index contributed by atoms with van der Waals surface area (Å²) in [6.07, 6.45) is -4.36. The van der Waals surface area contributed by atoms with Crippen LogP contribution in [-0.2, 0) is 15.7 Å². The van der Waals surface area contributed by atoms with Gasteiger partial charge in [0.25, 0.3) is 0 Å². The molecule has 0 atom stereocenters. The minimum absolute atomic E-state index is 0.192. The summed E-state index contributed by atoms with van der Waals surface area (Å²) in [7, 11) is 0. The SMILES string of the molecule is CC1(C)OCC(Nc2cc(C(F)(F)F)ccc2Br)CO1. The monoisotopic (exact) mass is 353 g/mol. The van der Waals surface area contributed by atoms with E-state index in [9.17, 15) is 13.2 Å². The van der Waals surface area contributed by atoms with E-state index in [1.54, 1.807) is 13.8 Å².